The quantitative estimate of drug-likeness (QED) is 0.722. The zero-order valence-corrected chi connectivity index (χ0v) is 15.5. The number of amides is 1. The van der Waals surface area contributed by atoms with Crippen molar-refractivity contribution in [3.8, 4) is 0 Å². The first kappa shape index (κ1) is 18.0. The Morgan fingerprint density at radius 1 is 1.22 bits per heavy atom. The van der Waals surface area contributed by atoms with Gasteiger partial charge in [0.15, 0.2) is 18.2 Å². The van der Waals surface area contributed by atoms with Crippen LogP contribution in [0.3, 0.4) is 0 Å². The highest BCUT2D eigenvalue weighted by Gasteiger charge is 2.28. The Morgan fingerprint density at radius 2 is 2.07 bits per heavy atom. The summed E-state index contributed by atoms with van der Waals surface area (Å²) in [4.78, 5) is 18.2. The maximum atomic E-state index is 13.3. The monoisotopic (exact) mass is 388 g/mol. The molecule has 1 aliphatic heterocycles. The lowest BCUT2D eigenvalue weighted by Gasteiger charge is -2.28. The SMILES string of the molecule is O=C(C[NH+]1CCC[C@@H](c2nc3ccccc3s2)C1)Nc1ccc(F)c(F)c1. The van der Waals surface area contributed by atoms with Gasteiger partial charge >= 0.3 is 0 Å². The first-order valence-corrected chi connectivity index (χ1v) is 9.84. The van der Waals surface area contributed by atoms with Gasteiger partial charge in [0.2, 0.25) is 0 Å². The summed E-state index contributed by atoms with van der Waals surface area (Å²) in [7, 11) is 0. The van der Waals surface area contributed by atoms with Crippen molar-refractivity contribution < 1.29 is 18.5 Å². The fraction of sp³-hybridized carbons (Fsp3) is 0.300. The Bertz CT molecular complexity index is 942. The van der Waals surface area contributed by atoms with E-state index in [0.717, 1.165) is 48.6 Å². The zero-order chi connectivity index (χ0) is 18.8. The summed E-state index contributed by atoms with van der Waals surface area (Å²) in [5, 5.41) is 3.79. The number of aromatic nitrogens is 1. The van der Waals surface area contributed by atoms with Crippen molar-refractivity contribution in [3.63, 3.8) is 0 Å². The summed E-state index contributed by atoms with van der Waals surface area (Å²) in [6.45, 7) is 2.08. The Balaban J connectivity index is 1.39. The van der Waals surface area contributed by atoms with Crippen molar-refractivity contribution in [2.75, 3.05) is 25.0 Å². The van der Waals surface area contributed by atoms with E-state index < -0.39 is 11.6 Å². The van der Waals surface area contributed by atoms with Crippen LogP contribution in [0.4, 0.5) is 14.5 Å². The molecular formula is C20H20F2N3OS+. The molecule has 0 spiro atoms. The molecule has 2 aromatic carbocycles. The molecule has 1 amide bonds. The molecule has 0 aliphatic carbocycles. The number of likely N-dealkylation sites (tertiary alicyclic amines) is 1. The van der Waals surface area contributed by atoms with Crippen molar-refractivity contribution in [1.82, 2.24) is 4.98 Å². The molecule has 4 rings (SSSR count). The van der Waals surface area contributed by atoms with Crippen LogP contribution < -0.4 is 10.2 Å². The molecule has 7 heteroatoms. The summed E-state index contributed by atoms with van der Waals surface area (Å²) < 4.78 is 27.5. The second-order valence-electron chi connectivity index (χ2n) is 6.92. The third-order valence-corrected chi connectivity index (χ3v) is 6.09. The number of nitrogens with zero attached hydrogens (tertiary/aromatic N) is 1. The van der Waals surface area contributed by atoms with Gasteiger partial charge in [-0.05, 0) is 37.1 Å². The lowest BCUT2D eigenvalue weighted by Crippen LogP contribution is -3.14. The molecule has 1 unspecified atom stereocenters. The van der Waals surface area contributed by atoms with Crippen molar-refractivity contribution in [2.24, 2.45) is 0 Å². The van der Waals surface area contributed by atoms with E-state index in [9.17, 15) is 13.6 Å². The molecular weight excluding hydrogens is 368 g/mol. The number of anilines is 1. The van der Waals surface area contributed by atoms with E-state index in [1.807, 2.05) is 18.2 Å². The number of carbonyl (C=O) groups is 1. The molecule has 1 aliphatic rings. The molecule has 2 atom stereocenters. The van der Waals surface area contributed by atoms with Crippen LogP contribution in [0.2, 0.25) is 0 Å². The molecule has 2 N–H and O–H groups in total. The van der Waals surface area contributed by atoms with E-state index in [2.05, 4.69) is 11.4 Å². The van der Waals surface area contributed by atoms with Crippen molar-refractivity contribution in [3.05, 3.63) is 59.1 Å². The minimum Gasteiger partial charge on any atom is -0.327 e. The van der Waals surface area contributed by atoms with E-state index in [1.165, 1.54) is 15.7 Å². The van der Waals surface area contributed by atoms with Gasteiger partial charge in [0.05, 0.1) is 29.2 Å². The van der Waals surface area contributed by atoms with Crippen LogP contribution in [-0.4, -0.2) is 30.5 Å². The van der Waals surface area contributed by atoms with Gasteiger partial charge in [-0.2, -0.15) is 0 Å². The predicted molar refractivity (Wildman–Crippen MR) is 102 cm³/mol. The third kappa shape index (κ3) is 4.14. The Hall–Kier alpha value is -2.38. The highest BCUT2D eigenvalue weighted by molar-refractivity contribution is 7.18. The highest BCUT2D eigenvalue weighted by atomic mass is 32.1. The average Bonchev–Trinajstić information content (AvgIpc) is 3.09. The number of halogens is 2. The van der Waals surface area contributed by atoms with E-state index in [4.69, 9.17) is 4.98 Å². The van der Waals surface area contributed by atoms with Gasteiger partial charge in [0.25, 0.3) is 5.91 Å². The molecule has 3 aromatic rings. The molecule has 1 fully saturated rings. The number of nitrogens with one attached hydrogen (secondary N) is 2. The van der Waals surface area contributed by atoms with Gasteiger partial charge in [-0.3, -0.25) is 4.79 Å². The minimum atomic E-state index is -0.964. The third-order valence-electron chi connectivity index (χ3n) is 4.89. The summed E-state index contributed by atoms with van der Waals surface area (Å²) in [5.74, 6) is -1.73. The van der Waals surface area contributed by atoms with Crippen LogP contribution in [0, 0.1) is 11.6 Å². The average molecular weight is 388 g/mol. The number of quaternary nitrogens is 1. The topological polar surface area (TPSA) is 46.4 Å². The van der Waals surface area contributed by atoms with Gasteiger partial charge in [-0.15, -0.1) is 11.3 Å². The van der Waals surface area contributed by atoms with Crippen molar-refractivity contribution in [1.29, 1.82) is 0 Å². The van der Waals surface area contributed by atoms with Crippen molar-refractivity contribution >= 4 is 33.1 Å². The van der Waals surface area contributed by atoms with Crippen LogP contribution in [0.1, 0.15) is 23.8 Å². The van der Waals surface area contributed by atoms with Crippen LogP contribution in [0.15, 0.2) is 42.5 Å². The number of hydrogen-bond donors (Lipinski definition) is 2. The standard InChI is InChI=1S/C20H19F2N3OS/c21-15-8-7-14(10-16(15)22)23-19(26)12-25-9-3-4-13(11-25)20-24-17-5-1-2-6-18(17)27-20/h1-2,5-8,10,13H,3-4,9,11-12H2,(H,23,26)/p+1/t13-/m1/s1. The summed E-state index contributed by atoms with van der Waals surface area (Å²) in [6, 6.07) is 11.5. The number of hydrogen-bond acceptors (Lipinski definition) is 3. The van der Waals surface area contributed by atoms with E-state index >= 15 is 0 Å². The second-order valence-corrected chi connectivity index (χ2v) is 7.98. The lowest BCUT2D eigenvalue weighted by molar-refractivity contribution is -0.898. The number of carbonyl (C=O) groups excluding carboxylic acids is 1. The summed E-state index contributed by atoms with van der Waals surface area (Å²) >= 11 is 1.73. The van der Waals surface area contributed by atoms with Crippen LogP contribution in [0.5, 0.6) is 0 Å². The molecule has 1 saturated heterocycles. The highest BCUT2D eigenvalue weighted by Crippen LogP contribution is 2.30. The molecule has 0 saturated carbocycles. The van der Waals surface area contributed by atoms with Gasteiger partial charge in [-0.1, -0.05) is 12.1 Å². The van der Waals surface area contributed by atoms with E-state index in [-0.39, 0.29) is 11.6 Å². The molecule has 1 aromatic heterocycles. The van der Waals surface area contributed by atoms with Gasteiger partial charge < -0.3 is 10.2 Å². The molecule has 0 bridgehead atoms. The number of fused-ring (bicyclic) bond motifs is 1. The normalized spacial score (nSPS) is 19.9. The molecule has 2 heterocycles. The van der Waals surface area contributed by atoms with Crippen LogP contribution >= 0.6 is 11.3 Å². The first-order chi connectivity index (χ1) is 13.1. The number of para-hydroxylation sites is 1. The number of rotatable bonds is 4. The maximum absolute atomic E-state index is 13.3. The fourth-order valence-electron chi connectivity index (χ4n) is 3.59. The van der Waals surface area contributed by atoms with E-state index in [1.54, 1.807) is 11.3 Å². The summed E-state index contributed by atoms with van der Waals surface area (Å²) in [6.07, 6.45) is 2.11. The first-order valence-electron chi connectivity index (χ1n) is 9.02. The number of thiazole rings is 1. The maximum Gasteiger partial charge on any atom is 0.279 e. The van der Waals surface area contributed by atoms with Crippen LogP contribution in [0.25, 0.3) is 10.2 Å². The smallest absolute Gasteiger partial charge is 0.279 e. The van der Waals surface area contributed by atoms with Gasteiger partial charge in [0.1, 0.15) is 5.01 Å². The Labute approximate surface area is 159 Å². The largest absolute Gasteiger partial charge is 0.327 e. The molecule has 4 nitrogen and oxygen atoms in total. The molecule has 0 radical (unpaired) electrons. The van der Waals surface area contributed by atoms with Gasteiger partial charge in [0, 0.05) is 11.8 Å². The van der Waals surface area contributed by atoms with Crippen LogP contribution in [-0.2, 0) is 4.79 Å². The van der Waals surface area contributed by atoms with E-state index in [0.29, 0.717) is 12.5 Å². The summed E-state index contributed by atoms with van der Waals surface area (Å²) in [5.41, 5.74) is 1.30. The molecule has 140 valence electrons. The molecule has 27 heavy (non-hydrogen) atoms. The zero-order valence-electron chi connectivity index (χ0n) is 14.7. The second kappa shape index (κ2) is 7.70. The number of benzene rings is 2. The number of piperidine rings is 1. The van der Waals surface area contributed by atoms with Crippen molar-refractivity contribution in [2.45, 2.75) is 18.8 Å². The minimum absolute atomic E-state index is 0.194. The Morgan fingerprint density at radius 3 is 2.89 bits per heavy atom. The lowest BCUT2D eigenvalue weighted by atomic mass is 9.99. The van der Waals surface area contributed by atoms with Gasteiger partial charge in [-0.25, -0.2) is 13.8 Å². The Kier molecular flexibility index (Phi) is 5.13. The fourth-order valence-corrected chi connectivity index (χ4v) is 4.70. The predicted octanol–water partition coefficient (Wildman–Crippen LogP) is 2.98.